The first-order chi connectivity index (χ1) is 7.08. The van der Waals surface area contributed by atoms with Gasteiger partial charge in [-0.3, -0.25) is 9.78 Å². The third kappa shape index (κ3) is 2.88. The first-order valence-electron chi connectivity index (χ1n) is 5.58. The third-order valence-corrected chi connectivity index (χ3v) is 2.72. The maximum absolute atomic E-state index is 12.1. The molecular weight excluding hydrogens is 186 g/mol. The minimum Gasteiger partial charge on any atom is -0.294 e. The first kappa shape index (κ1) is 11.9. The fourth-order valence-corrected chi connectivity index (χ4v) is 1.87. The molecule has 0 radical (unpaired) electrons. The van der Waals surface area contributed by atoms with Gasteiger partial charge in [0.25, 0.3) is 0 Å². The second-order valence-corrected chi connectivity index (χ2v) is 4.02. The lowest BCUT2D eigenvalue weighted by molar-refractivity contribution is 0.0913. The Balaban J connectivity index is 3.00. The highest BCUT2D eigenvalue weighted by molar-refractivity contribution is 5.97. The summed E-state index contributed by atoms with van der Waals surface area (Å²) < 4.78 is 0. The Hall–Kier alpha value is -1.18. The van der Waals surface area contributed by atoms with Gasteiger partial charge in [-0.1, -0.05) is 13.8 Å². The van der Waals surface area contributed by atoms with Gasteiger partial charge in [0.05, 0.1) is 0 Å². The average Bonchev–Trinajstić information content (AvgIpc) is 2.18. The minimum absolute atomic E-state index is 0.159. The summed E-state index contributed by atoms with van der Waals surface area (Å²) in [5.41, 5.74) is 2.65. The molecule has 0 saturated carbocycles. The third-order valence-electron chi connectivity index (χ3n) is 2.72. The van der Waals surface area contributed by atoms with Gasteiger partial charge in [-0.25, -0.2) is 0 Å². The van der Waals surface area contributed by atoms with Gasteiger partial charge in [-0.2, -0.15) is 0 Å². The molecule has 0 amide bonds. The lowest BCUT2D eigenvalue weighted by Gasteiger charge is -2.11. The maximum atomic E-state index is 12.1. The fourth-order valence-electron chi connectivity index (χ4n) is 1.87. The van der Waals surface area contributed by atoms with Gasteiger partial charge in [0.15, 0.2) is 5.78 Å². The molecule has 0 aromatic carbocycles. The van der Waals surface area contributed by atoms with E-state index in [2.05, 4.69) is 18.8 Å². The summed E-state index contributed by atoms with van der Waals surface area (Å²) in [7, 11) is 0. The van der Waals surface area contributed by atoms with Gasteiger partial charge in [-0.05, 0) is 38.8 Å². The van der Waals surface area contributed by atoms with Crippen molar-refractivity contribution in [1.82, 2.24) is 4.98 Å². The summed E-state index contributed by atoms with van der Waals surface area (Å²) in [6, 6.07) is 3.77. The Morgan fingerprint density at radius 2 is 1.67 bits per heavy atom. The summed E-state index contributed by atoms with van der Waals surface area (Å²) in [5.74, 6) is 0.416. The lowest BCUT2D eigenvalue weighted by atomic mass is 9.93. The largest absolute Gasteiger partial charge is 0.294 e. The first-order valence-corrected chi connectivity index (χ1v) is 5.58. The molecule has 2 heteroatoms. The number of pyridine rings is 1. The Kier molecular flexibility index (Phi) is 4.01. The highest BCUT2D eigenvalue weighted by Gasteiger charge is 2.16. The van der Waals surface area contributed by atoms with Crippen LogP contribution in [-0.4, -0.2) is 10.8 Å². The second-order valence-electron chi connectivity index (χ2n) is 4.02. The molecule has 1 heterocycles. The van der Waals surface area contributed by atoms with Gasteiger partial charge in [-0.15, -0.1) is 0 Å². The van der Waals surface area contributed by atoms with Crippen molar-refractivity contribution in [3.05, 3.63) is 29.1 Å². The van der Waals surface area contributed by atoms with E-state index in [9.17, 15) is 4.79 Å². The zero-order chi connectivity index (χ0) is 11.4. The number of nitrogens with zero attached hydrogens (tertiary/aromatic N) is 1. The molecule has 2 nitrogen and oxygen atoms in total. The minimum atomic E-state index is 0.159. The van der Waals surface area contributed by atoms with Crippen molar-refractivity contribution in [3.8, 4) is 0 Å². The van der Waals surface area contributed by atoms with Gasteiger partial charge in [0.1, 0.15) is 0 Å². The van der Waals surface area contributed by atoms with E-state index in [0.717, 1.165) is 29.8 Å². The molecule has 0 saturated heterocycles. The van der Waals surface area contributed by atoms with Crippen molar-refractivity contribution < 1.29 is 4.79 Å². The molecular formula is C13H19NO. The Morgan fingerprint density at radius 3 is 2.07 bits per heavy atom. The van der Waals surface area contributed by atoms with E-state index < -0.39 is 0 Å². The molecule has 0 aliphatic heterocycles. The summed E-state index contributed by atoms with van der Waals surface area (Å²) in [6.45, 7) is 7.98. The molecule has 0 atom stereocenters. The molecule has 1 aromatic rings. The van der Waals surface area contributed by atoms with Crippen molar-refractivity contribution in [3.63, 3.8) is 0 Å². The highest BCUT2D eigenvalue weighted by atomic mass is 16.1. The number of hydrogen-bond acceptors (Lipinski definition) is 2. The average molecular weight is 205 g/mol. The van der Waals surface area contributed by atoms with Crippen LogP contribution in [0.15, 0.2) is 12.1 Å². The van der Waals surface area contributed by atoms with Crippen LogP contribution in [0, 0.1) is 19.8 Å². The van der Waals surface area contributed by atoms with Crippen LogP contribution in [0.5, 0.6) is 0 Å². The van der Waals surface area contributed by atoms with Gasteiger partial charge in [0, 0.05) is 22.9 Å². The molecule has 0 unspecified atom stereocenters. The van der Waals surface area contributed by atoms with Crippen LogP contribution >= 0.6 is 0 Å². The van der Waals surface area contributed by atoms with Crippen LogP contribution in [0.4, 0.5) is 0 Å². The predicted molar refractivity (Wildman–Crippen MR) is 62.1 cm³/mol. The summed E-state index contributed by atoms with van der Waals surface area (Å²) in [6.07, 6.45) is 1.82. The molecule has 0 N–H and O–H groups in total. The molecule has 0 fully saturated rings. The maximum Gasteiger partial charge on any atom is 0.166 e. The number of ketones is 1. The lowest BCUT2D eigenvalue weighted by Crippen LogP contribution is -2.13. The zero-order valence-electron chi connectivity index (χ0n) is 10.0. The van der Waals surface area contributed by atoms with Crippen LogP contribution in [0.3, 0.4) is 0 Å². The monoisotopic (exact) mass is 205 g/mol. The number of rotatable bonds is 4. The van der Waals surface area contributed by atoms with Crippen molar-refractivity contribution in [2.24, 2.45) is 5.92 Å². The van der Waals surface area contributed by atoms with E-state index in [0.29, 0.717) is 0 Å². The zero-order valence-corrected chi connectivity index (χ0v) is 10.0. The van der Waals surface area contributed by atoms with E-state index in [1.165, 1.54) is 0 Å². The summed E-state index contributed by atoms with van der Waals surface area (Å²) in [5, 5.41) is 0. The molecule has 0 spiro atoms. The SMILES string of the molecule is CCC(CC)C(=O)c1cc(C)nc(C)c1. The van der Waals surface area contributed by atoms with Crippen LogP contribution < -0.4 is 0 Å². The van der Waals surface area contributed by atoms with E-state index >= 15 is 0 Å². The second kappa shape index (κ2) is 5.06. The van der Waals surface area contributed by atoms with E-state index in [-0.39, 0.29) is 11.7 Å². The summed E-state index contributed by atoms with van der Waals surface area (Å²) >= 11 is 0. The number of hydrogen-bond donors (Lipinski definition) is 0. The van der Waals surface area contributed by atoms with Crippen LogP contribution in [0.2, 0.25) is 0 Å². The van der Waals surface area contributed by atoms with E-state index in [1.807, 2.05) is 26.0 Å². The highest BCUT2D eigenvalue weighted by Crippen LogP contribution is 2.16. The van der Waals surface area contributed by atoms with Gasteiger partial charge >= 0.3 is 0 Å². The van der Waals surface area contributed by atoms with Gasteiger partial charge < -0.3 is 0 Å². The molecule has 0 bridgehead atoms. The quantitative estimate of drug-likeness (QED) is 0.706. The van der Waals surface area contributed by atoms with E-state index in [4.69, 9.17) is 0 Å². The normalized spacial score (nSPS) is 10.7. The number of carbonyl (C=O) groups is 1. The number of Topliss-reactive ketones (excluding diaryl/α,β-unsaturated/α-hetero) is 1. The van der Waals surface area contributed by atoms with Crippen molar-refractivity contribution in [2.75, 3.05) is 0 Å². The topological polar surface area (TPSA) is 30.0 Å². The number of aromatic nitrogens is 1. The molecule has 1 rings (SSSR count). The van der Waals surface area contributed by atoms with Crippen LogP contribution in [-0.2, 0) is 0 Å². The molecule has 15 heavy (non-hydrogen) atoms. The Labute approximate surface area is 91.7 Å². The molecule has 0 aliphatic carbocycles. The molecule has 0 aliphatic rings. The predicted octanol–water partition coefficient (Wildman–Crippen LogP) is 3.32. The summed E-state index contributed by atoms with van der Waals surface area (Å²) in [4.78, 5) is 16.4. The van der Waals surface area contributed by atoms with Crippen LogP contribution in [0.1, 0.15) is 48.4 Å². The Bertz CT molecular complexity index is 333. The number of aryl methyl sites for hydroxylation is 2. The Morgan fingerprint density at radius 1 is 1.20 bits per heavy atom. The molecule has 1 aromatic heterocycles. The standard InChI is InChI=1S/C13H19NO/c1-5-11(6-2)13(15)12-7-9(3)14-10(4)8-12/h7-8,11H,5-6H2,1-4H3. The van der Waals surface area contributed by atoms with E-state index in [1.54, 1.807) is 0 Å². The molecule has 82 valence electrons. The van der Waals surface area contributed by atoms with Crippen molar-refractivity contribution >= 4 is 5.78 Å². The van der Waals surface area contributed by atoms with Crippen LogP contribution in [0.25, 0.3) is 0 Å². The van der Waals surface area contributed by atoms with Crippen molar-refractivity contribution in [2.45, 2.75) is 40.5 Å². The fraction of sp³-hybridized carbons (Fsp3) is 0.538. The number of carbonyl (C=O) groups excluding carboxylic acids is 1. The van der Waals surface area contributed by atoms with Gasteiger partial charge in [0.2, 0.25) is 0 Å². The smallest absolute Gasteiger partial charge is 0.166 e. The van der Waals surface area contributed by atoms with Crippen molar-refractivity contribution in [1.29, 1.82) is 0 Å².